The molecule has 2 heterocycles. The Morgan fingerprint density at radius 3 is 2.33 bits per heavy atom. The van der Waals surface area contributed by atoms with Crippen LogP contribution in [0.25, 0.3) is 23.2 Å². The van der Waals surface area contributed by atoms with Crippen molar-refractivity contribution in [3.63, 3.8) is 0 Å². The molecule has 0 spiro atoms. The Hall–Kier alpha value is -5.16. The van der Waals surface area contributed by atoms with Crippen LogP contribution in [0.4, 0.5) is 0 Å². The number of nitrogens with zero attached hydrogens (tertiary/aromatic N) is 3. The van der Waals surface area contributed by atoms with E-state index < -0.39 is 13.6 Å². The molecule has 0 bridgehead atoms. The molecule has 0 aliphatic heterocycles. The number of aromatic nitrogens is 3. The molecule has 3 aromatic carbocycles. The molecule has 0 aliphatic rings. The van der Waals surface area contributed by atoms with Crippen molar-refractivity contribution in [2.45, 2.75) is 34.0 Å². The van der Waals surface area contributed by atoms with Crippen molar-refractivity contribution >= 4 is 19.6 Å². The first-order valence-corrected chi connectivity index (χ1v) is 17.2. The zero-order valence-electron chi connectivity index (χ0n) is 28.0. The van der Waals surface area contributed by atoms with Gasteiger partial charge in [-0.25, -0.2) is 14.5 Å². The molecule has 0 aliphatic carbocycles. The van der Waals surface area contributed by atoms with Crippen molar-refractivity contribution in [2.75, 3.05) is 27.4 Å². The van der Waals surface area contributed by atoms with Crippen molar-refractivity contribution in [1.29, 1.82) is 0 Å². The second-order valence-corrected chi connectivity index (χ2v) is 12.4. The number of esters is 1. The molecular formula is C36H38N3O9P. The maximum atomic E-state index is 13.1. The van der Waals surface area contributed by atoms with Gasteiger partial charge in [-0.05, 0) is 80.9 Å². The average Bonchev–Trinajstić information content (AvgIpc) is 3.72. The maximum Gasteiger partial charge on any atom is 0.354 e. The predicted octanol–water partition coefficient (Wildman–Crippen LogP) is 8.03. The van der Waals surface area contributed by atoms with Gasteiger partial charge in [-0.2, -0.15) is 0 Å². The smallest absolute Gasteiger partial charge is 0.354 e. The Balaban J connectivity index is 1.29. The third-order valence-corrected chi connectivity index (χ3v) is 8.95. The van der Waals surface area contributed by atoms with Crippen LogP contribution < -0.4 is 14.2 Å². The third kappa shape index (κ3) is 8.85. The van der Waals surface area contributed by atoms with Crippen molar-refractivity contribution in [1.82, 2.24) is 14.8 Å². The number of ether oxygens (including phenoxy) is 4. The molecule has 13 heteroatoms. The molecule has 5 rings (SSSR count). The zero-order chi connectivity index (χ0) is 34.8. The van der Waals surface area contributed by atoms with Crippen molar-refractivity contribution in [2.24, 2.45) is 0 Å². The van der Waals surface area contributed by atoms with Gasteiger partial charge in [0.25, 0.3) is 0 Å². The van der Waals surface area contributed by atoms with E-state index in [-0.39, 0.29) is 26.4 Å². The van der Waals surface area contributed by atoms with E-state index in [2.05, 4.69) is 10.1 Å². The molecule has 49 heavy (non-hydrogen) atoms. The van der Waals surface area contributed by atoms with Gasteiger partial charge in [-0.3, -0.25) is 4.57 Å². The van der Waals surface area contributed by atoms with Gasteiger partial charge in [0.2, 0.25) is 11.8 Å². The Labute approximate surface area is 284 Å². The molecule has 0 atom stereocenters. The number of benzene rings is 3. The molecule has 0 N–H and O–H groups in total. The van der Waals surface area contributed by atoms with Gasteiger partial charge >= 0.3 is 13.6 Å². The van der Waals surface area contributed by atoms with Gasteiger partial charge in [-0.1, -0.05) is 24.3 Å². The summed E-state index contributed by atoms with van der Waals surface area (Å²) in [5.74, 6) is 3.37. The minimum absolute atomic E-state index is 0.141. The van der Waals surface area contributed by atoms with E-state index in [4.69, 9.17) is 32.4 Å². The standard InChI is InChI=1S/C36H38N3O9P/c1-6-46-49(41,47-7-2)20-19-29-22-39(30-11-9-8-10-12-30)38-35(29)45-23-26-13-18-32(33(21-26)42-4)44-24-31-25(3)48-34(37-31)27-14-16-28(17-15-27)36(40)43-5/h8-22H,6-7,23-24H2,1-5H3. The molecule has 12 nitrogen and oxygen atoms in total. The Morgan fingerprint density at radius 1 is 0.918 bits per heavy atom. The normalized spacial score (nSPS) is 11.5. The molecule has 0 saturated carbocycles. The SMILES string of the molecule is CCOP(=O)(C=Cc1cn(-c2ccccc2)nc1OCc1ccc(OCc2nc(-c3ccc(C(=O)OC)cc3)oc2C)c(OC)c1)OCC. The molecule has 2 aromatic heterocycles. The van der Waals surface area contributed by atoms with Crippen LogP contribution in [-0.2, 0) is 31.6 Å². The summed E-state index contributed by atoms with van der Waals surface area (Å²) in [7, 11) is -0.547. The molecule has 0 radical (unpaired) electrons. The van der Waals surface area contributed by atoms with Crippen molar-refractivity contribution in [3.05, 3.63) is 113 Å². The number of rotatable bonds is 16. The van der Waals surface area contributed by atoms with Gasteiger partial charge in [0, 0.05) is 17.6 Å². The Kier molecular flexibility index (Phi) is 11.7. The fourth-order valence-electron chi connectivity index (χ4n) is 4.74. The Morgan fingerprint density at radius 2 is 1.65 bits per heavy atom. The van der Waals surface area contributed by atoms with Gasteiger partial charge in [0.05, 0.1) is 44.2 Å². The van der Waals surface area contributed by atoms with Gasteiger partial charge < -0.3 is 32.4 Å². The summed E-state index contributed by atoms with van der Waals surface area (Å²) in [4.78, 5) is 16.3. The topological polar surface area (TPSA) is 133 Å². The molecule has 0 fully saturated rings. The van der Waals surface area contributed by atoms with Crippen molar-refractivity contribution < 1.29 is 41.8 Å². The lowest BCUT2D eigenvalue weighted by Gasteiger charge is -2.13. The lowest BCUT2D eigenvalue weighted by Crippen LogP contribution is -2.02. The predicted molar refractivity (Wildman–Crippen MR) is 183 cm³/mol. The minimum atomic E-state index is -3.44. The largest absolute Gasteiger partial charge is 0.493 e. The second kappa shape index (κ2) is 16.3. The molecule has 0 saturated heterocycles. The van der Waals surface area contributed by atoms with E-state index in [1.54, 1.807) is 68.2 Å². The first-order chi connectivity index (χ1) is 23.7. The van der Waals surface area contributed by atoms with E-state index in [1.165, 1.54) is 12.9 Å². The summed E-state index contributed by atoms with van der Waals surface area (Å²) in [6.45, 7) is 6.11. The third-order valence-electron chi connectivity index (χ3n) is 7.20. The maximum absolute atomic E-state index is 13.1. The molecule has 5 aromatic rings. The Bertz CT molecular complexity index is 1930. The average molecular weight is 688 g/mol. The number of oxazole rings is 1. The van der Waals surface area contributed by atoms with Crippen LogP contribution >= 0.6 is 7.60 Å². The zero-order valence-corrected chi connectivity index (χ0v) is 28.8. The molecule has 0 unspecified atom stereocenters. The number of carbonyl (C=O) groups is 1. The fourth-order valence-corrected chi connectivity index (χ4v) is 6.05. The van der Waals surface area contributed by atoms with Crippen LogP contribution in [0.3, 0.4) is 0 Å². The van der Waals surface area contributed by atoms with Crippen LogP contribution in [0, 0.1) is 6.92 Å². The number of hydrogen-bond donors (Lipinski definition) is 0. The van der Waals surface area contributed by atoms with Crippen LogP contribution in [0.2, 0.25) is 0 Å². The summed E-state index contributed by atoms with van der Waals surface area (Å²) in [6, 6.07) is 21.9. The molecule has 256 valence electrons. The van der Waals surface area contributed by atoms with Crippen LogP contribution in [0.1, 0.15) is 46.8 Å². The highest BCUT2D eigenvalue weighted by molar-refractivity contribution is 7.57. The van der Waals surface area contributed by atoms with Crippen molar-refractivity contribution in [3.8, 4) is 34.5 Å². The number of para-hydroxylation sites is 1. The number of aryl methyl sites for hydroxylation is 1. The fraction of sp³-hybridized carbons (Fsp3) is 0.250. The van der Waals surface area contributed by atoms with E-state index in [1.807, 2.05) is 49.4 Å². The summed E-state index contributed by atoms with van der Waals surface area (Å²) in [6.07, 6.45) is 3.43. The minimum Gasteiger partial charge on any atom is -0.493 e. The van der Waals surface area contributed by atoms with Gasteiger partial charge in [-0.15, -0.1) is 5.10 Å². The number of hydrogen-bond acceptors (Lipinski definition) is 11. The highest BCUT2D eigenvalue weighted by atomic mass is 31.2. The van der Waals surface area contributed by atoms with Gasteiger partial charge in [0.1, 0.15) is 24.7 Å². The summed E-state index contributed by atoms with van der Waals surface area (Å²) in [5, 5.41) is 4.64. The highest BCUT2D eigenvalue weighted by Crippen LogP contribution is 2.50. The number of carbonyl (C=O) groups excluding carboxylic acids is 1. The monoisotopic (exact) mass is 687 g/mol. The van der Waals surface area contributed by atoms with Crippen LogP contribution in [0.5, 0.6) is 17.4 Å². The summed E-state index contributed by atoms with van der Waals surface area (Å²) >= 11 is 0. The summed E-state index contributed by atoms with van der Waals surface area (Å²) in [5.41, 5.74) is 4.00. The van der Waals surface area contributed by atoms with Crippen LogP contribution in [-0.4, -0.2) is 48.2 Å². The first-order valence-electron chi connectivity index (χ1n) is 15.6. The van der Waals surface area contributed by atoms with E-state index in [9.17, 15) is 9.36 Å². The van der Waals surface area contributed by atoms with E-state index in [0.29, 0.717) is 51.4 Å². The lowest BCUT2D eigenvalue weighted by molar-refractivity contribution is 0.0600. The lowest BCUT2D eigenvalue weighted by atomic mass is 10.1. The highest BCUT2D eigenvalue weighted by Gasteiger charge is 2.21. The van der Waals surface area contributed by atoms with Gasteiger partial charge in [0.15, 0.2) is 11.5 Å². The van der Waals surface area contributed by atoms with E-state index in [0.717, 1.165) is 11.3 Å². The molecular weight excluding hydrogens is 649 g/mol. The first kappa shape index (κ1) is 35.2. The van der Waals surface area contributed by atoms with Crippen LogP contribution in [0.15, 0.2) is 89.2 Å². The summed E-state index contributed by atoms with van der Waals surface area (Å²) < 4.78 is 54.1. The quantitative estimate of drug-likeness (QED) is 0.0737. The molecule has 0 amide bonds. The second-order valence-electron chi connectivity index (χ2n) is 10.5. The van der Waals surface area contributed by atoms with E-state index >= 15 is 0 Å². The number of methoxy groups -OCH3 is 2.